The molecule has 0 aromatic carbocycles. The predicted octanol–water partition coefficient (Wildman–Crippen LogP) is 1.76. The first kappa shape index (κ1) is 10.8. The van der Waals surface area contributed by atoms with Gasteiger partial charge in [-0.3, -0.25) is 9.69 Å². The van der Waals surface area contributed by atoms with Crippen molar-refractivity contribution in [1.82, 2.24) is 9.80 Å². The van der Waals surface area contributed by atoms with Crippen molar-refractivity contribution >= 4 is 17.0 Å². The quantitative estimate of drug-likeness (QED) is 0.480. The van der Waals surface area contributed by atoms with Gasteiger partial charge in [0.05, 0.1) is 0 Å². The average molecular weight is 205 g/mol. The Morgan fingerprint density at radius 1 is 1.23 bits per heavy atom. The van der Waals surface area contributed by atoms with Gasteiger partial charge in [0, 0.05) is 32.2 Å². The van der Waals surface area contributed by atoms with Crippen LogP contribution in [0.3, 0.4) is 0 Å². The Hall–Kier alpha value is -0.280. The minimum Gasteiger partial charge on any atom is -0.328 e. The van der Waals surface area contributed by atoms with Crippen LogP contribution in [0.15, 0.2) is 0 Å². The van der Waals surface area contributed by atoms with Crippen molar-refractivity contribution in [3.8, 4) is 0 Å². The van der Waals surface area contributed by atoms with E-state index in [4.69, 9.17) is 11.6 Å². The van der Waals surface area contributed by atoms with Gasteiger partial charge in [-0.25, -0.2) is 0 Å². The molecule has 1 amide bonds. The maximum Gasteiger partial charge on any atom is 0.316 e. The van der Waals surface area contributed by atoms with Crippen molar-refractivity contribution in [3.05, 3.63) is 0 Å². The smallest absolute Gasteiger partial charge is 0.316 e. The molecule has 76 valence electrons. The van der Waals surface area contributed by atoms with Crippen LogP contribution >= 0.6 is 11.6 Å². The van der Waals surface area contributed by atoms with E-state index in [1.807, 2.05) is 0 Å². The number of nitrogens with zero attached hydrogens (tertiary/aromatic N) is 2. The summed E-state index contributed by atoms with van der Waals surface area (Å²) in [5.41, 5.74) is 0. The molecule has 0 unspecified atom stereocenters. The molecular formula is C9H17ClN2O. The zero-order valence-electron chi connectivity index (χ0n) is 8.29. The van der Waals surface area contributed by atoms with E-state index in [2.05, 4.69) is 18.7 Å². The van der Waals surface area contributed by atoms with Crippen LogP contribution in [0, 0.1) is 0 Å². The summed E-state index contributed by atoms with van der Waals surface area (Å²) in [6, 6.07) is 0.561. The highest BCUT2D eigenvalue weighted by molar-refractivity contribution is 6.62. The highest BCUT2D eigenvalue weighted by Gasteiger charge is 2.18. The lowest BCUT2D eigenvalue weighted by atomic mass is 10.3. The third kappa shape index (κ3) is 3.16. The van der Waals surface area contributed by atoms with Gasteiger partial charge in [0.2, 0.25) is 0 Å². The summed E-state index contributed by atoms with van der Waals surface area (Å²) in [6.45, 7) is 7.93. The van der Waals surface area contributed by atoms with Gasteiger partial charge in [0.25, 0.3) is 0 Å². The fourth-order valence-corrected chi connectivity index (χ4v) is 1.80. The van der Waals surface area contributed by atoms with Crippen molar-refractivity contribution in [2.45, 2.75) is 26.3 Å². The number of halogens is 1. The van der Waals surface area contributed by atoms with Crippen molar-refractivity contribution in [2.24, 2.45) is 0 Å². The number of carbonyl (C=O) groups excluding carboxylic acids is 1. The Kier molecular flexibility index (Phi) is 4.00. The number of rotatable bonds is 1. The van der Waals surface area contributed by atoms with E-state index in [0.29, 0.717) is 6.04 Å². The zero-order chi connectivity index (χ0) is 9.84. The minimum atomic E-state index is -0.314. The molecule has 0 radical (unpaired) electrons. The van der Waals surface area contributed by atoms with Crippen molar-refractivity contribution in [1.29, 1.82) is 0 Å². The molecule has 3 nitrogen and oxygen atoms in total. The highest BCUT2D eigenvalue weighted by Crippen LogP contribution is 2.08. The Labute approximate surface area is 84.6 Å². The van der Waals surface area contributed by atoms with E-state index in [-0.39, 0.29) is 5.37 Å². The van der Waals surface area contributed by atoms with Gasteiger partial charge in [-0.1, -0.05) is 0 Å². The topological polar surface area (TPSA) is 23.6 Å². The van der Waals surface area contributed by atoms with E-state index in [1.54, 1.807) is 4.90 Å². The predicted molar refractivity (Wildman–Crippen MR) is 54.1 cm³/mol. The van der Waals surface area contributed by atoms with Crippen LogP contribution in [0.5, 0.6) is 0 Å². The molecule has 0 atom stereocenters. The lowest BCUT2D eigenvalue weighted by Crippen LogP contribution is -2.35. The molecule has 1 heterocycles. The van der Waals surface area contributed by atoms with Gasteiger partial charge < -0.3 is 4.90 Å². The minimum absolute atomic E-state index is 0.314. The summed E-state index contributed by atoms with van der Waals surface area (Å²) in [6.07, 6.45) is 1.02. The monoisotopic (exact) mass is 204 g/mol. The standard InChI is InChI=1S/C9H17ClN2O/c1-8(2)11-4-3-5-12(7-6-11)9(10)13/h8H,3-7H2,1-2H3. The Morgan fingerprint density at radius 3 is 2.46 bits per heavy atom. The highest BCUT2D eigenvalue weighted by atomic mass is 35.5. The molecule has 0 aromatic heterocycles. The van der Waals surface area contributed by atoms with Crippen LogP contribution in [0.1, 0.15) is 20.3 Å². The van der Waals surface area contributed by atoms with E-state index >= 15 is 0 Å². The largest absolute Gasteiger partial charge is 0.328 e. The van der Waals surface area contributed by atoms with Crippen LogP contribution in [0.25, 0.3) is 0 Å². The van der Waals surface area contributed by atoms with Crippen LogP contribution in [-0.2, 0) is 0 Å². The summed E-state index contributed by atoms with van der Waals surface area (Å²) in [4.78, 5) is 15.0. The van der Waals surface area contributed by atoms with Crippen molar-refractivity contribution in [2.75, 3.05) is 26.2 Å². The first-order chi connectivity index (χ1) is 6.11. The second-order valence-corrected chi connectivity index (χ2v) is 4.05. The molecule has 0 N–H and O–H groups in total. The first-order valence-electron chi connectivity index (χ1n) is 4.79. The molecule has 0 saturated carbocycles. The summed E-state index contributed by atoms with van der Waals surface area (Å²) in [5, 5.41) is -0.314. The van der Waals surface area contributed by atoms with Gasteiger partial charge in [0.15, 0.2) is 0 Å². The van der Waals surface area contributed by atoms with E-state index in [0.717, 1.165) is 32.6 Å². The number of hydrogen-bond acceptors (Lipinski definition) is 2. The van der Waals surface area contributed by atoms with E-state index in [9.17, 15) is 4.79 Å². The van der Waals surface area contributed by atoms with Crippen LogP contribution in [-0.4, -0.2) is 47.4 Å². The molecule has 1 saturated heterocycles. The number of hydrogen-bond donors (Lipinski definition) is 0. The molecule has 1 aliphatic rings. The van der Waals surface area contributed by atoms with Crippen LogP contribution in [0.4, 0.5) is 4.79 Å². The van der Waals surface area contributed by atoms with Crippen LogP contribution < -0.4 is 0 Å². The number of amides is 1. The molecule has 0 aliphatic carbocycles. The molecule has 4 heteroatoms. The first-order valence-corrected chi connectivity index (χ1v) is 5.17. The number of carbonyl (C=O) groups is 1. The SMILES string of the molecule is CC(C)N1CCCN(C(=O)Cl)CC1. The third-order valence-electron chi connectivity index (χ3n) is 2.51. The Morgan fingerprint density at radius 2 is 1.92 bits per heavy atom. The summed E-state index contributed by atoms with van der Waals surface area (Å²) < 4.78 is 0. The summed E-state index contributed by atoms with van der Waals surface area (Å²) in [7, 11) is 0. The van der Waals surface area contributed by atoms with E-state index in [1.165, 1.54) is 0 Å². The third-order valence-corrected chi connectivity index (χ3v) is 2.75. The average Bonchev–Trinajstić information content (AvgIpc) is 2.27. The van der Waals surface area contributed by atoms with Gasteiger partial charge in [-0.2, -0.15) is 0 Å². The fourth-order valence-electron chi connectivity index (χ4n) is 1.63. The molecule has 0 bridgehead atoms. The fraction of sp³-hybridized carbons (Fsp3) is 0.889. The van der Waals surface area contributed by atoms with Gasteiger partial charge in [-0.15, -0.1) is 0 Å². The molecule has 0 spiro atoms. The lowest BCUT2D eigenvalue weighted by molar-refractivity contribution is 0.212. The van der Waals surface area contributed by atoms with E-state index < -0.39 is 0 Å². The molecule has 1 fully saturated rings. The Balaban J connectivity index is 2.44. The Bertz CT molecular complexity index is 184. The molecule has 1 rings (SSSR count). The zero-order valence-corrected chi connectivity index (χ0v) is 9.05. The molecule has 1 aliphatic heterocycles. The van der Waals surface area contributed by atoms with Gasteiger partial charge in [-0.05, 0) is 31.9 Å². The molecule has 13 heavy (non-hydrogen) atoms. The normalized spacial score (nSPS) is 20.5. The summed E-state index contributed by atoms with van der Waals surface area (Å²) in [5.74, 6) is 0. The lowest BCUT2D eigenvalue weighted by Gasteiger charge is -2.24. The maximum atomic E-state index is 10.9. The van der Waals surface area contributed by atoms with Gasteiger partial charge in [0.1, 0.15) is 0 Å². The summed E-state index contributed by atoms with van der Waals surface area (Å²) >= 11 is 5.42. The second kappa shape index (κ2) is 4.82. The van der Waals surface area contributed by atoms with Crippen molar-refractivity contribution < 1.29 is 4.79 Å². The maximum absolute atomic E-state index is 10.9. The molecule has 0 aromatic rings. The van der Waals surface area contributed by atoms with Gasteiger partial charge >= 0.3 is 5.37 Å². The molecular weight excluding hydrogens is 188 g/mol. The van der Waals surface area contributed by atoms with Crippen molar-refractivity contribution in [3.63, 3.8) is 0 Å². The van der Waals surface area contributed by atoms with Crippen LogP contribution in [0.2, 0.25) is 0 Å². The second-order valence-electron chi connectivity index (χ2n) is 3.72.